The molecule has 0 spiro atoms. The molecule has 2 atom stereocenters. The van der Waals surface area contributed by atoms with Gasteiger partial charge < -0.3 is 14.2 Å². The number of nitrogens with one attached hydrogen (secondary N) is 1. The first-order chi connectivity index (χ1) is 17.8. The fourth-order valence-electron chi connectivity index (χ4n) is 3.62. The predicted molar refractivity (Wildman–Crippen MR) is 134 cm³/mol. The van der Waals surface area contributed by atoms with E-state index in [0.717, 1.165) is 0 Å². The molecule has 0 saturated carbocycles. The lowest BCUT2D eigenvalue weighted by Gasteiger charge is -2.23. The number of sulfonamides is 1. The van der Waals surface area contributed by atoms with Gasteiger partial charge >= 0.3 is 0 Å². The van der Waals surface area contributed by atoms with Gasteiger partial charge in [0.1, 0.15) is 22.8 Å². The molecular formula is C22H23ClN8O5S. The third-order valence-electron chi connectivity index (χ3n) is 5.43. The van der Waals surface area contributed by atoms with Crippen LogP contribution in [0, 0.1) is 0 Å². The molecule has 0 saturated heterocycles. The van der Waals surface area contributed by atoms with Crippen molar-refractivity contribution in [3.63, 3.8) is 0 Å². The number of halogens is 1. The Morgan fingerprint density at radius 2 is 1.73 bits per heavy atom. The summed E-state index contributed by atoms with van der Waals surface area (Å²) in [5.41, 5.74) is 1.26. The number of nitrogens with zero attached hydrogens (tertiary/aromatic N) is 7. The zero-order valence-corrected chi connectivity index (χ0v) is 21.8. The normalized spacial score (nSPS) is 13.1. The summed E-state index contributed by atoms with van der Waals surface area (Å²) in [5.74, 6) is 0.302. The lowest BCUT2D eigenvalue weighted by molar-refractivity contribution is 0.102. The van der Waals surface area contributed by atoms with Crippen LogP contribution in [-0.4, -0.2) is 69.7 Å². The molecule has 13 nitrogen and oxygen atoms in total. The Balaban J connectivity index is 1.83. The van der Waals surface area contributed by atoms with Gasteiger partial charge in [0.2, 0.25) is 27.7 Å². The van der Waals surface area contributed by atoms with Crippen LogP contribution in [0.15, 0.2) is 49.2 Å². The Hall–Kier alpha value is -3.88. The molecule has 0 amide bonds. The second-order valence-electron chi connectivity index (χ2n) is 7.59. The van der Waals surface area contributed by atoms with Crippen molar-refractivity contribution in [1.29, 1.82) is 0 Å². The molecule has 0 aliphatic heterocycles. The molecule has 0 unspecified atom stereocenters. The Morgan fingerprint density at radius 3 is 2.30 bits per heavy atom. The zero-order valence-electron chi connectivity index (χ0n) is 20.2. The molecule has 15 heteroatoms. The van der Waals surface area contributed by atoms with Crippen LogP contribution in [0.3, 0.4) is 0 Å². The molecule has 0 fully saturated rings. The van der Waals surface area contributed by atoms with Gasteiger partial charge in [0.15, 0.2) is 11.5 Å². The van der Waals surface area contributed by atoms with E-state index in [2.05, 4.69) is 34.9 Å². The van der Waals surface area contributed by atoms with Gasteiger partial charge in [-0.25, -0.2) is 13.4 Å². The van der Waals surface area contributed by atoms with E-state index < -0.39 is 21.4 Å². The molecule has 194 valence electrons. The third-order valence-corrected chi connectivity index (χ3v) is 7.35. The maximum Gasteiger partial charge on any atom is 0.245 e. The number of hydrogen-bond donors (Lipinski definition) is 1. The molecule has 4 aromatic heterocycles. The van der Waals surface area contributed by atoms with Crippen LogP contribution in [0.5, 0.6) is 11.8 Å². The molecule has 0 aliphatic rings. The highest BCUT2D eigenvalue weighted by Crippen LogP contribution is 2.35. The number of hydrogen-bond acceptors (Lipinski definition) is 11. The number of ether oxygens (including phenoxy) is 3. The summed E-state index contributed by atoms with van der Waals surface area (Å²) in [7, 11) is 0.112. The van der Waals surface area contributed by atoms with Crippen LogP contribution in [-0.2, 0) is 14.8 Å². The minimum Gasteiger partial charge on any atom is -0.479 e. The monoisotopic (exact) mass is 546 g/mol. The van der Waals surface area contributed by atoms with Crippen molar-refractivity contribution in [3.05, 3.63) is 59.9 Å². The van der Waals surface area contributed by atoms with Crippen LogP contribution < -0.4 is 14.2 Å². The van der Waals surface area contributed by atoms with Crippen molar-refractivity contribution in [2.45, 2.75) is 18.3 Å². The molecule has 0 bridgehead atoms. The van der Waals surface area contributed by atoms with E-state index in [0.29, 0.717) is 11.1 Å². The Morgan fingerprint density at radius 1 is 1.00 bits per heavy atom. The van der Waals surface area contributed by atoms with E-state index in [4.69, 9.17) is 25.8 Å². The number of anilines is 1. The van der Waals surface area contributed by atoms with Crippen LogP contribution >= 0.6 is 11.6 Å². The van der Waals surface area contributed by atoms with Gasteiger partial charge in [0, 0.05) is 36.8 Å². The van der Waals surface area contributed by atoms with Crippen molar-refractivity contribution in [1.82, 2.24) is 34.7 Å². The van der Waals surface area contributed by atoms with Gasteiger partial charge in [-0.05, 0) is 25.1 Å². The molecule has 4 heterocycles. The van der Waals surface area contributed by atoms with Gasteiger partial charge in [0.25, 0.3) is 0 Å². The van der Waals surface area contributed by atoms with Crippen LogP contribution in [0.25, 0.3) is 17.1 Å². The van der Waals surface area contributed by atoms with Gasteiger partial charge in [0.05, 0.1) is 14.2 Å². The molecule has 0 aliphatic carbocycles. The summed E-state index contributed by atoms with van der Waals surface area (Å²) < 4.78 is 47.4. The van der Waals surface area contributed by atoms with Crippen molar-refractivity contribution in [3.8, 4) is 28.8 Å². The van der Waals surface area contributed by atoms with Crippen molar-refractivity contribution in [2.75, 3.05) is 26.1 Å². The molecular weight excluding hydrogens is 524 g/mol. The highest BCUT2D eigenvalue weighted by atomic mass is 35.5. The number of rotatable bonds is 10. The van der Waals surface area contributed by atoms with Gasteiger partial charge in [-0.15, -0.1) is 10.2 Å². The standard InChI is InChI=1S/C22H23ClN8O5S/c1-13(18(34-2)14-7-8-16(23)25-11-14)37(32,33)30-22-29-28-19(15-6-5-9-24-10-15)31(22)17-20(35-3)26-12-27-21(17)36-4/h5-13,18H,1-4H3,(H,29,30)/t13-,18-/m0/s1. The Bertz CT molecular complexity index is 1450. The van der Waals surface area contributed by atoms with E-state index in [-0.39, 0.29) is 34.4 Å². The summed E-state index contributed by atoms with van der Waals surface area (Å²) in [6.45, 7) is 1.50. The van der Waals surface area contributed by atoms with Crippen LogP contribution in [0.1, 0.15) is 18.6 Å². The average molecular weight is 547 g/mol. The maximum absolute atomic E-state index is 13.6. The summed E-state index contributed by atoms with van der Waals surface area (Å²) in [4.78, 5) is 16.4. The zero-order chi connectivity index (χ0) is 26.6. The van der Waals surface area contributed by atoms with E-state index in [1.165, 1.54) is 45.3 Å². The molecule has 4 rings (SSSR count). The second kappa shape index (κ2) is 11.0. The van der Waals surface area contributed by atoms with E-state index >= 15 is 0 Å². The number of aromatic nitrogens is 7. The second-order valence-corrected chi connectivity index (χ2v) is 10.0. The lowest BCUT2D eigenvalue weighted by Crippen LogP contribution is -2.32. The highest BCUT2D eigenvalue weighted by Gasteiger charge is 2.34. The first-order valence-corrected chi connectivity index (χ1v) is 12.7. The lowest BCUT2D eigenvalue weighted by atomic mass is 10.1. The molecule has 0 aromatic carbocycles. The third kappa shape index (κ3) is 5.30. The fourth-order valence-corrected chi connectivity index (χ4v) is 4.90. The molecule has 1 N–H and O–H groups in total. The molecule has 37 heavy (non-hydrogen) atoms. The average Bonchev–Trinajstić information content (AvgIpc) is 3.32. The fraction of sp³-hybridized carbons (Fsp3) is 0.273. The largest absolute Gasteiger partial charge is 0.479 e. The summed E-state index contributed by atoms with van der Waals surface area (Å²) in [6.07, 6.45) is 5.01. The van der Waals surface area contributed by atoms with Crippen molar-refractivity contribution >= 4 is 27.6 Å². The van der Waals surface area contributed by atoms with E-state index in [9.17, 15) is 8.42 Å². The minimum atomic E-state index is -4.12. The van der Waals surface area contributed by atoms with Crippen molar-refractivity contribution in [2.24, 2.45) is 0 Å². The Labute approximate surface area is 217 Å². The molecule has 0 radical (unpaired) electrons. The van der Waals surface area contributed by atoms with Gasteiger partial charge in [-0.2, -0.15) is 9.97 Å². The topological polar surface area (TPSA) is 156 Å². The maximum atomic E-state index is 13.6. The summed E-state index contributed by atoms with van der Waals surface area (Å²) >= 11 is 5.88. The van der Waals surface area contributed by atoms with Gasteiger partial charge in [-0.1, -0.05) is 17.7 Å². The smallest absolute Gasteiger partial charge is 0.245 e. The highest BCUT2D eigenvalue weighted by molar-refractivity contribution is 7.93. The number of methoxy groups -OCH3 is 3. The van der Waals surface area contributed by atoms with E-state index in [1.54, 1.807) is 36.7 Å². The first-order valence-electron chi connectivity index (χ1n) is 10.8. The van der Waals surface area contributed by atoms with Crippen LogP contribution in [0.2, 0.25) is 5.15 Å². The molecule has 4 aromatic rings. The summed E-state index contributed by atoms with van der Waals surface area (Å²) in [5, 5.41) is 7.52. The SMILES string of the molecule is COc1ncnc(OC)c1-n1c(NS(=O)(=O)[C@@H](C)[C@H](OC)c2ccc(Cl)nc2)nnc1-c1cccnc1. The van der Waals surface area contributed by atoms with Crippen LogP contribution in [0.4, 0.5) is 5.95 Å². The minimum absolute atomic E-state index is 0.104. The quantitative estimate of drug-likeness (QED) is 0.292. The van der Waals surface area contributed by atoms with Gasteiger partial charge in [-0.3, -0.25) is 14.3 Å². The number of pyridine rings is 2. The van der Waals surface area contributed by atoms with Crippen molar-refractivity contribution < 1.29 is 22.6 Å². The Kier molecular flexibility index (Phi) is 7.80. The van der Waals surface area contributed by atoms with E-state index in [1.807, 2.05) is 0 Å². The predicted octanol–water partition coefficient (Wildman–Crippen LogP) is 2.70. The first kappa shape index (κ1) is 26.2. The summed E-state index contributed by atoms with van der Waals surface area (Å²) in [6, 6.07) is 6.65.